The zero-order valence-electron chi connectivity index (χ0n) is 10.3. The normalized spacial score (nSPS) is 25.5. The summed E-state index contributed by atoms with van der Waals surface area (Å²) >= 11 is 0. The van der Waals surface area contributed by atoms with E-state index in [-0.39, 0.29) is 0 Å². The minimum absolute atomic E-state index is 0.951. The number of hydrogen-bond donors (Lipinski definition) is 0. The quantitative estimate of drug-likeness (QED) is 0.629. The van der Waals surface area contributed by atoms with Gasteiger partial charge in [0.25, 0.3) is 0 Å². The lowest BCUT2D eigenvalue weighted by atomic mass is 9.92. The van der Waals surface area contributed by atoms with E-state index in [9.17, 15) is 0 Å². The Labute approximate surface area is 89.9 Å². The van der Waals surface area contributed by atoms with Crippen LogP contribution in [0.15, 0.2) is 0 Å². The molecule has 1 heterocycles. The van der Waals surface area contributed by atoms with Gasteiger partial charge in [0, 0.05) is 6.54 Å². The van der Waals surface area contributed by atoms with Gasteiger partial charge in [-0.1, -0.05) is 33.6 Å². The fourth-order valence-corrected chi connectivity index (χ4v) is 2.80. The lowest BCUT2D eigenvalue weighted by molar-refractivity contribution is 0.306. The molecule has 0 aliphatic carbocycles. The van der Waals surface area contributed by atoms with E-state index in [0.29, 0.717) is 0 Å². The molecule has 0 N–H and O–H groups in total. The maximum absolute atomic E-state index is 2.64. The van der Waals surface area contributed by atoms with Gasteiger partial charge in [-0.15, -0.1) is 0 Å². The molecule has 0 aromatic heterocycles. The molecule has 1 aliphatic heterocycles. The Balaban J connectivity index is 2.15. The molecule has 0 bridgehead atoms. The summed E-state index contributed by atoms with van der Waals surface area (Å²) in [6.45, 7) is 11.1. The summed E-state index contributed by atoms with van der Waals surface area (Å²) in [5.74, 6) is 1.95. The van der Waals surface area contributed by atoms with E-state index in [1.54, 1.807) is 0 Å². The maximum atomic E-state index is 2.64. The average molecular weight is 197 g/mol. The van der Waals surface area contributed by atoms with Crippen molar-refractivity contribution in [2.45, 2.75) is 52.9 Å². The van der Waals surface area contributed by atoms with Crippen LogP contribution in [0.1, 0.15) is 52.9 Å². The number of likely N-dealkylation sites (tertiary alicyclic amines) is 1. The summed E-state index contributed by atoms with van der Waals surface area (Å²) in [7, 11) is 0. The number of nitrogens with zero attached hydrogens (tertiary/aromatic N) is 1. The van der Waals surface area contributed by atoms with Crippen molar-refractivity contribution in [3.05, 3.63) is 0 Å². The predicted molar refractivity (Wildman–Crippen MR) is 63.5 cm³/mol. The van der Waals surface area contributed by atoms with Gasteiger partial charge in [0.15, 0.2) is 0 Å². The van der Waals surface area contributed by atoms with Crippen molar-refractivity contribution in [2.24, 2.45) is 11.8 Å². The van der Waals surface area contributed by atoms with Crippen molar-refractivity contribution in [3.8, 4) is 0 Å². The Bertz CT molecular complexity index is 144. The molecule has 1 rings (SSSR count). The van der Waals surface area contributed by atoms with Gasteiger partial charge >= 0.3 is 0 Å². The van der Waals surface area contributed by atoms with E-state index in [0.717, 1.165) is 11.8 Å². The molecule has 0 saturated carbocycles. The van der Waals surface area contributed by atoms with Crippen molar-refractivity contribution in [1.82, 2.24) is 4.90 Å². The van der Waals surface area contributed by atoms with Crippen LogP contribution in [0.25, 0.3) is 0 Å². The minimum Gasteiger partial charge on any atom is -0.303 e. The van der Waals surface area contributed by atoms with Gasteiger partial charge in [0.1, 0.15) is 0 Å². The summed E-state index contributed by atoms with van der Waals surface area (Å²) in [6, 6.07) is 0. The molecule has 1 aliphatic rings. The molecule has 1 saturated heterocycles. The first kappa shape index (κ1) is 12.0. The standard InChI is InChI=1S/C13H27N/c1-4-6-12(3)10-13-7-9-14(11-13)8-5-2/h12-13H,4-11H2,1-3H3. The van der Waals surface area contributed by atoms with Crippen molar-refractivity contribution >= 4 is 0 Å². The first-order chi connectivity index (χ1) is 6.76. The first-order valence-corrected chi connectivity index (χ1v) is 6.48. The highest BCUT2D eigenvalue weighted by Gasteiger charge is 2.22. The van der Waals surface area contributed by atoms with Crippen LogP contribution in [0.2, 0.25) is 0 Å². The minimum atomic E-state index is 0.951. The summed E-state index contributed by atoms with van der Waals surface area (Å²) in [4.78, 5) is 2.64. The molecule has 0 radical (unpaired) electrons. The second-order valence-electron chi connectivity index (χ2n) is 5.08. The van der Waals surface area contributed by atoms with Crippen LogP contribution in [0.5, 0.6) is 0 Å². The second-order valence-corrected chi connectivity index (χ2v) is 5.08. The Morgan fingerprint density at radius 2 is 2.07 bits per heavy atom. The Kier molecular flexibility index (Phi) is 5.54. The van der Waals surface area contributed by atoms with Crippen LogP contribution < -0.4 is 0 Å². The van der Waals surface area contributed by atoms with Gasteiger partial charge in [0.05, 0.1) is 0 Å². The van der Waals surface area contributed by atoms with Crippen LogP contribution in [-0.4, -0.2) is 24.5 Å². The van der Waals surface area contributed by atoms with E-state index in [2.05, 4.69) is 25.7 Å². The second kappa shape index (κ2) is 6.44. The molecular weight excluding hydrogens is 170 g/mol. The summed E-state index contributed by atoms with van der Waals surface area (Å²) in [5, 5.41) is 0. The van der Waals surface area contributed by atoms with Crippen LogP contribution >= 0.6 is 0 Å². The number of rotatable bonds is 6. The fourth-order valence-electron chi connectivity index (χ4n) is 2.80. The SMILES string of the molecule is CCCC(C)CC1CCN(CCC)C1. The number of hydrogen-bond acceptors (Lipinski definition) is 1. The first-order valence-electron chi connectivity index (χ1n) is 6.48. The maximum Gasteiger partial charge on any atom is 0.00102 e. The highest BCUT2D eigenvalue weighted by atomic mass is 15.1. The lowest BCUT2D eigenvalue weighted by Gasteiger charge is -2.17. The van der Waals surface area contributed by atoms with Crippen LogP contribution in [0.4, 0.5) is 0 Å². The molecule has 0 aromatic carbocycles. The molecule has 84 valence electrons. The summed E-state index contributed by atoms with van der Waals surface area (Å²) < 4.78 is 0. The zero-order valence-corrected chi connectivity index (χ0v) is 10.3. The third kappa shape index (κ3) is 4.00. The molecule has 0 amide bonds. The van der Waals surface area contributed by atoms with E-state index >= 15 is 0 Å². The van der Waals surface area contributed by atoms with Gasteiger partial charge in [-0.05, 0) is 44.2 Å². The molecule has 14 heavy (non-hydrogen) atoms. The average Bonchev–Trinajstić information content (AvgIpc) is 2.53. The molecular formula is C13H27N. The van der Waals surface area contributed by atoms with E-state index in [4.69, 9.17) is 0 Å². The molecule has 0 spiro atoms. The molecule has 2 unspecified atom stereocenters. The molecule has 1 heteroatoms. The smallest absolute Gasteiger partial charge is 0.00102 e. The monoisotopic (exact) mass is 197 g/mol. The Morgan fingerprint density at radius 1 is 1.29 bits per heavy atom. The zero-order chi connectivity index (χ0) is 10.4. The van der Waals surface area contributed by atoms with Gasteiger partial charge in [-0.2, -0.15) is 0 Å². The van der Waals surface area contributed by atoms with Gasteiger partial charge < -0.3 is 4.90 Å². The highest BCUT2D eigenvalue weighted by Crippen LogP contribution is 2.25. The molecule has 2 atom stereocenters. The molecule has 1 nitrogen and oxygen atoms in total. The molecule has 0 aromatic rings. The largest absolute Gasteiger partial charge is 0.303 e. The van der Waals surface area contributed by atoms with Gasteiger partial charge in [-0.3, -0.25) is 0 Å². The fraction of sp³-hybridized carbons (Fsp3) is 1.00. The third-order valence-electron chi connectivity index (χ3n) is 3.43. The lowest BCUT2D eigenvalue weighted by Crippen LogP contribution is -2.21. The summed E-state index contributed by atoms with van der Waals surface area (Å²) in [5.41, 5.74) is 0. The van der Waals surface area contributed by atoms with Crippen molar-refractivity contribution in [2.75, 3.05) is 19.6 Å². The topological polar surface area (TPSA) is 3.24 Å². The van der Waals surface area contributed by atoms with Crippen molar-refractivity contribution in [1.29, 1.82) is 0 Å². The predicted octanol–water partition coefficient (Wildman–Crippen LogP) is 3.54. The highest BCUT2D eigenvalue weighted by molar-refractivity contribution is 4.76. The van der Waals surface area contributed by atoms with E-state index < -0.39 is 0 Å². The van der Waals surface area contributed by atoms with E-state index in [1.807, 2.05) is 0 Å². The third-order valence-corrected chi connectivity index (χ3v) is 3.43. The Morgan fingerprint density at radius 3 is 2.71 bits per heavy atom. The van der Waals surface area contributed by atoms with Crippen LogP contribution in [0.3, 0.4) is 0 Å². The molecule has 1 fully saturated rings. The van der Waals surface area contributed by atoms with Gasteiger partial charge in [0.2, 0.25) is 0 Å². The van der Waals surface area contributed by atoms with Crippen LogP contribution in [-0.2, 0) is 0 Å². The Hall–Kier alpha value is -0.0400. The van der Waals surface area contributed by atoms with Gasteiger partial charge in [-0.25, -0.2) is 0 Å². The van der Waals surface area contributed by atoms with Crippen LogP contribution in [0, 0.1) is 11.8 Å². The van der Waals surface area contributed by atoms with Crippen molar-refractivity contribution < 1.29 is 0 Å². The summed E-state index contributed by atoms with van der Waals surface area (Å²) in [6.07, 6.45) is 7.01. The van der Waals surface area contributed by atoms with E-state index in [1.165, 1.54) is 51.7 Å². The van der Waals surface area contributed by atoms with Crippen molar-refractivity contribution in [3.63, 3.8) is 0 Å².